The van der Waals surface area contributed by atoms with Gasteiger partial charge in [0.25, 0.3) is 0 Å². The first-order valence-electron chi connectivity index (χ1n) is 3.11. The van der Waals surface area contributed by atoms with Crippen LogP contribution in [0.2, 0.25) is 0 Å². The molecule has 11 heavy (non-hydrogen) atoms. The first-order valence-corrected chi connectivity index (χ1v) is 3.11. The minimum absolute atomic E-state index is 0.267. The highest BCUT2D eigenvalue weighted by Gasteiger charge is 2.69. The van der Waals surface area contributed by atoms with E-state index in [2.05, 4.69) is 0 Å². The Bertz CT molecular complexity index is 245. The average Bonchev–Trinajstić information content (AvgIpc) is 2.56. The van der Waals surface area contributed by atoms with Gasteiger partial charge < -0.3 is 19.7 Å². The number of fused-ring (bicyclic) bond motifs is 1. The quantitative estimate of drug-likeness (QED) is 0.507. The lowest BCUT2D eigenvalue weighted by Crippen LogP contribution is -2.26. The van der Waals surface area contributed by atoms with Gasteiger partial charge >= 0.3 is 11.8 Å². The van der Waals surface area contributed by atoms with Crippen LogP contribution in [0.15, 0.2) is 11.8 Å². The van der Waals surface area contributed by atoms with Crippen molar-refractivity contribution < 1.29 is 24.5 Å². The molecule has 0 aromatic rings. The second kappa shape index (κ2) is 1.75. The summed E-state index contributed by atoms with van der Waals surface area (Å²) >= 11 is 0. The molecule has 0 spiro atoms. The molecule has 2 rings (SSSR count). The van der Waals surface area contributed by atoms with Crippen molar-refractivity contribution in [3.8, 4) is 0 Å². The van der Waals surface area contributed by atoms with Gasteiger partial charge in [0.15, 0.2) is 6.10 Å². The SMILES string of the molecule is O=C(O)C12OC(CO)=CC1O2. The lowest BCUT2D eigenvalue weighted by atomic mass is 10.3. The molecule has 2 N–H and O–H groups in total. The Balaban J connectivity index is 2.15. The van der Waals surface area contributed by atoms with Crippen molar-refractivity contribution in [1.29, 1.82) is 0 Å². The fraction of sp³-hybridized carbons (Fsp3) is 0.500. The molecule has 60 valence electrons. The zero-order chi connectivity index (χ0) is 8.06. The topological polar surface area (TPSA) is 79.3 Å². The number of aliphatic hydroxyl groups excluding tert-OH is 1. The van der Waals surface area contributed by atoms with E-state index in [9.17, 15) is 4.79 Å². The number of rotatable bonds is 2. The van der Waals surface area contributed by atoms with E-state index in [0.717, 1.165) is 0 Å². The van der Waals surface area contributed by atoms with Gasteiger partial charge in [-0.3, -0.25) is 0 Å². The molecular weight excluding hydrogens is 152 g/mol. The number of aliphatic hydroxyl groups is 1. The molecule has 0 bridgehead atoms. The fourth-order valence-electron chi connectivity index (χ4n) is 1.08. The predicted molar refractivity (Wildman–Crippen MR) is 31.5 cm³/mol. The van der Waals surface area contributed by atoms with Gasteiger partial charge in [-0.25, -0.2) is 4.79 Å². The number of epoxide rings is 1. The van der Waals surface area contributed by atoms with Crippen LogP contribution in [0.4, 0.5) is 0 Å². The summed E-state index contributed by atoms with van der Waals surface area (Å²) in [7, 11) is 0. The molecule has 2 atom stereocenters. The van der Waals surface area contributed by atoms with E-state index >= 15 is 0 Å². The molecule has 5 nitrogen and oxygen atoms in total. The second-order valence-corrected chi connectivity index (χ2v) is 2.40. The van der Waals surface area contributed by atoms with Gasteiger partial charge in [0, 0.05) is 0 Å². The smallest absolute Gasteiger partial charge is 0.380 e. The Morgan fingerprint density at radius 1 is 1.82 bits per heavy atom. The van der Waals surface area contributed by atoms with E-state index in [1.54, 1.807) is 0 Å². The number of carboxylic acids is 1. The molecule has 0 aromatic carbocycles. The van der Waals surface area contributed by atoms with E-state index in [4.69, 9.17) is 19.7 Å². The van der Waals surface area contributed by atoms with Crippen LogP contribution < -0.4 is 0 Å². The fourth-order valence-corrected chi connectivity index (χ4v) is 1.08. The zero-order valence-electron chi connectivity index (χ0n) is 5.48. The molecule has 1 fully saturated rings. The monoisotopic (exact) mass is 158 g/mol. The Hall–Kier alpha value is -1.07. The van der Waals surface area contributed by atoms with Crippen molar-refractivity contribution in [3.05, 3.63) is 11.8 Å². The molecule has 5 heteroatoms. The Morgan fingerprint density at radius 3 is 2.91 bits per heavy atom. The van der Waals surface area contributed by atoms with Crippen molar-refractivity contribution in [2.75, 3.05) is 6.61 Å². The molecular formula is C6H6O5. The Morgan fingerprint density at radius 2 is 2.55 bits per heavy atom. The highest BCUT2D eigenvalue weighted by molar-refractivity contribution is 5.81. The lowest BCUT2D eigenvalue weighted by Gasteiger charge is -2.07. The Labute approximate surface area is 61.8 Å². The van der Waals surface area contributed by atoms with Crippen molar-refractivity contribution in [1.82, 2.24) is 0 Å². The van der Waals surface area contributed by atoms with Crippen LogP contribution in [0.1, 0.15) is 0 Å². The third-order valence-corrected chi connectivity index (χ3v) is 1.69. The second-order valence-electron chi connectivity index (χ2n) is 2.40. The standard InChI is InChI=1S/C6H6O5/c7-2-3-1-4-6(10-3,11-4)5(8)9/h1,4,7H,2H2,(H,8,9). The minimum Gasteiger partial charge on any atom is -0.476 e. The van der Waals surface area contributed by atoms with Gasteiger partial charge in [-0.2, -0.15) is 0 Å². The molecule has 2 aliphatic rings. The van der Waals surface area contributed by atoms with Crippen LogP contribution in [0.5, 0.6) is 0 Å². The summed E-state index contributed by atoms with van der Waals surface area (Å²) in [6.45, 7) is -0.283. The van der Waals surface area contributed by atoms with Gasteiger partial charge in [-0.15, -0.1) is 0 Å². The van der Waals surface area contributed by atoms with Gasteiger partial charge in [-0.05, 0) is 6.08 Å². The van der Waals surface area contributed by atoms with Crippen molar-refractivity contribution in [3.63, 3.8) is 0 Å². The predicted octanol–water partition coefficient (Wildman–Crippen LogP) is -0.927. The summed E-state index contributed by atoms with van der Waals surface area (Å²) in [5, 5.41) is 17.1. The number of ether oxygens (including phenoxy) is 2. The molecule has 0 saturated carbocycles. The van der Waals surface area contributed by atoms with Crippen LogP contribution in [-0.4, -0.2) is 34.7 Å². The van der Waals surface area contributed by atoms with Crippen LogP contribution in [0, 0.1) is 0 Å². The molecule has 0 radical (unpaired) electrons. The first-order chi connectivity index (χ1) is 5.19. The summed E-state index contributed by atoms with van der Waals surface area (Å²) in [6.07, 6.45) is 0.954. The maximum absolute atomic E-state index is 10.5. The summed E-state index contributed by atoms with van der Waals surface area (Å²) < 4.78 is 9.55. The zero-order valence-corrected chi connectivity index (χ0v) is 5.48. The van der Waals surface area contributed by atoms with Crippen LogP contribution in [0.25, 0.3) is 0 Å². The lowest BCUT2D eigenvalue weighted by molar-refractivity contribution is -0.159. The van der Waals surface area contributed by atoms with Crippen molar-refractivity contribution in [2.45, 2.75) is 11.9 Å². The van der Waals surface area contributed by atoms with E-state index in [-0.39, 0.29) is 12.4 Å². The van der Waals surface area contributed by atoms with Gasteiger partial charge in [0.05, 0.1) is 0 Å². The first kappa shape index (κ1) is 6.63. The van der Waals surface area contributed by atoms with E-state index in [1.807, 2.05) is 0 Å². The maximum Gasteiger partial charge on any atom is 0.380 e. The molecule has 2 unspecified atom stereocenters. The van der Waals surface area contributed by atoms with Crippen LogP contribution >= 0.6 is 0 Å². The summed E-state index contributed by atoms with van der Waals surface area (Å²) in [5.74, 6) is -2.39. The molecule has 0 aromatic heterocycles. The molecule has 2 aliphatic heterocycles. The normalized spacial score (nSPS) is 39.0. The van der Waals surface area contributed by atoms with Gasteiger partial charge in [0.2, 0.25) is 0 Å². The molecule has 2 heterocycles. The van der Waals surface area contributed by atoms with E-state index in [1.165, 1.54) is 6.08 Å². The third-order valence-electron chi connectivity index (χ3n) is 1.69. The largest absolute Gasteiger partial charge is 0.476 e. The molecule has 1 saturated heterocycles. The van der Waals surface area contributed by atoms with Crippen LogP contribution in [0.3, 0.4) is 0 Å². The number of hydrogen-bond donors (Lipinski definition) is 2. The third kappa shape index (κ3) is 0.690. The number of carboxylic acid groups (broad SMARTS) is 1. The molecule has 0 aliphatic carbocycles. The molecule has 0 amide bonds. The summed E-state index contributed by atoms with van der Waals surface area (Å²) in [6, 6.07) is 0. The van der Waals surface area contributed by atoms with Gasteiger partial charge in [-0.1, -0.05) is 0 Å². The summed E-state index contributed by atoms with van der Waals surface area (Å²) in [4.78, 5) is 10.5. The van der Waals surface area contributed by atoms with Crippen molar-refractivity contribution in [2.24, 2.45) is 0 Å². The maximum atomic E-state index is 10.5. The highest BCUT2D eigenvalue weighted by atomic mass is 16.8. The average molecular weight is 158 g/mol. The number of hydrogen-bond acceptors (Lipinski definition) is 4. The summed E-state index contributed by atoms with van der Waals surface area (Å²) in [5.41, 5.74) is 0. The van der Waals surface area contributed by atoms with Crippen molar-refractivity contribution >= 4 is 5.97 Å². The van der Waals surface area contributed by atoms with Crippen LogP contribution in [-0.2, 0) is 14.3 Å². The Kier molecular flexibility index (Phi) is 1.05. The number of aliphatic carboxylic acids is 1. The van der Waals surface area contributed by atoms with E-state index < -0.39 is 17.9 Å². The van der Waals surface area contributed by atoms with E-state index in [0.29, 0.717) is 0 Å². The number of carbonyl (C=O) groups is 1. The minimum atomic E-state index is -1.50. The highest BCUT2D eigenvalue weighted by Crippen LogP contribution is 2.46. The van der Waals surface area contributed by atoms with Gasteiger partial charge in [0.1, 0.15) is 12.4 Å².